The van der Waals surface area contributed by atoms with Crippen molar-refractivity contribution >= 4 is 27.7 Å². The Morgan fingerprint density at radius 2 is 1.71 bits per heavy atom. The van der Waals surface area contributed by atoms with Crippen LogP contribution in [0.5, 0.6) is 0 Å². The highest BCUT2D eigenvalue weighted by atomic mass is 79.9. The lowest BCUT2D eigenvalue weighted by Gasteiger charge is -2.32. The summed E-state index contributed by atoms with van der Waals surface area (Å²) in [7, 11) is 2.13. The molecular formula is C15H18BrN5. The molecule has 0 radical (unpaired) electrons. The zero-order valence-electron chi connectivity index (χ0n) is 12.0. The molecule has 6 heteroatoms. The fraction of sp³-hybridized carbons (Fsp3) is 0.333. The quantitative estimate of drug-likeness (QED) is 0.902. The van der Waals surface area contributed by atoms with Gasteiger partial charge in [-0.15, -0.1) is 0 Å². The number of aromatic nitrogens is 2. The Labute approximate surface area is 132 Å². The normalized spacial score (nSPS) is 16.2. The summed E-state index contributed by atoms with van der Waals surface area (Å²) in [4.78, 5) is 13.6. The Hall–Kier alpha value is -1.66. The molecule has 1 aromatic heterocycles. The summed E-state index contributed by atoms with van der Waals surface area (Å²) in [6, 6.07) is 10.0. The minimum atomic E-state index is 0.484. The molecule has 0 amide bonds. The largest absolute Gasteiger partial charge is 0.383 e. The molecule has 2 aromatic rings. The molecule has 0 atom stereocenters. The van der Waals surface area contributed by atoms with Crippen LogP contribution in [0.2, 0.25) is 0 Å². The Kier molecular flexibility index (Phi) is 4.07. The second-order valence-corrected chi connectivity index (χ2v) is 6.02. The average Bonchev–Trinajstić information content (AvgIpc) is 2.51. The molecular weight excluding hydrogens is 330 g/mol. The number of anilines is 2. The first-order valence-electron chi connectivity index (χ1n) is 6.97. The third kappa shape index (κ3) is 3.01. The molecule has 1 fully saturated rings. The number of hydrogen-bond donors (Lipinski definition) is 1. The molecule has 21 heavy (non-hydrogen) atoms. The van der Waals surface area contributed by atoms with Crippen LogP contribution >= 0.6 is 15.9 Å². The number of nitrogens with zero attached hydrogens (tertiary/aromatic N) is 4. The predicted molar refractivity (Wildman–Crippen MR) is 89.3 cm³/mol. The van der Waals surface area contributed by atoms with Crippen LogP contribution < -0.4 is 10.6 Å². The van der Waals surface area contributed by atoms with Crippen LogP contribution in [0.1, 0.15) is 0 Å². The number of benzene rings is 1. The number of nitrogen functional groups attached to an aromatic ring is 1. The van der Waals surface area contributed by atoms with E-state index < -0.39 is 0 Å². The molecule has 2 heterocycles. The summed E-state index contributed by atoms with van der Waals surface area (Å²) in [6.45, 7) is 3.87. The highest BCUT2D eigenvalue weighted by Crippen LogP contribution is 2.31. The molecule has 0 saturated carbocycles. The van der Waals surface area contributed by atoms with E-state index >= 15 is 0 Å². The van der Waals surface area contributed by atoms with Gasteiger partial charge >= 0.3 is 0 Å². The van der Waals surface area contributed by atoms with Gasteiger partial charge in [-0.2, -0.15) is 4.98 Å². The zero-order valence-corrected chi connectivity index (χ0v) is 13.5. The Morgan fingerprint density at radius 3 is 2.38 bits per heavy atom. The molecule has 2 N–H and O–H groups in total. The number of halogens is 1. The molecule has 1 saturated heterocycles. The molecule has 1 aromatic carbocycles. The third-order valence-corrected chi connectivity index (χ3v) is 4.48. The predicted octanol–water partition coefficient (Wildman–Crippen LogP) is 2.24. The van der Waals surface area contributed by atoms with Gasteiger partial charge in [0, 0.05) is 31.7 Å². The van der Waals surface area contributed by atoms with Crippen molar-refractivity contribution in [2.24, 2.45) is 0 Å². The topological polar surface area (TPSA) is 58.3 Å². The van der Waals surface area contributed by atoms with Crippen molar-refractivity contribution in [2.45, 2.75) is 0 Å². The van der Waals surface area contributed by atoms with Crippen molar-refractivity contribution in [3.8, 4) is 11.3 Å². The van der Waals surface area contributed by atoms with E-state index in [4.69, 9.17) is 10.7 Å². The number of likely N-dealkylation sites (N-methyl/N-ethyl adjacent to an activating group) is 1. The van der Waals surface area contributed by atoms with Crippen LogP contribution in [0.4, 0.5) is 11.8 Å². The highest BCUT2D eigenvalue weighted by Gasteiger charge is 2.19. The van der Waals surface area contributed by atoms with Crippen molar-refractivity contribution in [2.75, 3.05) is 43.9 Å². The van der Waals surface area contributed by atoms with Crippen molar-refractivity contribution < 1.29 is 0 Å². The van der Waals surface area contributed by atoms with Crippen LogP contribution in [0.3, 0.4) is 0 Å². The van der Waals surface area contributed by atoms with Crippen molar-refractivity contribution in [1.82, 2.24) is 14.9 Å². The molecule has 1 aliphatic heterocycles. The SMILES string of the molecule is CN1CCN(c2nc(N)c(Br)c(-c3ccccc3)n2)CC1. The molecule has 0 spiro atoms. The molecule has 0 unspecified atom stereocenters. The van der Waals surface area contributed by atoms with E-state index in [-0.39, 0.29) is 0 Å². The van der Waals surface area contributed by atoms with Gasteiger partial charge in [-0.05, 0) is 23.0 Å². The lowest BCUT2D eigenvalue weighted by atomic mass is 10.1. The minimum absolute atomic E-state index is 0.484. The van der Waals surface area contributed by atoms with Crippen LogP contribution in [0.15, 0.2) is 34.8 Å². The summed E-state index contributed by atoms with van der Waals surface area (Å²) in [5, 5.41) is 0. The summed E-state index contributed by atoms with van der Waals surface area (Å²) in [5.41, 5.74) is 7.94. The Balaban J connectivity index is 1.98. The van der Waals surface area contributed by atoms with Gasteiger partial charge in [0.1, 0.15) is 5.82 Å². The van der Waals surface area contributed by atoms with Crippen LogP contribution in [0.25, 0.3) is 11.3 Å². The first kappa shape index (κ1) is 14.3. The first-order chi connectivity index (χ1) is 10.1. The van der Waals surface area contributed by atoms with E-state index in [0.29, 0.717) is 11.8 Å². The maximum absolute atomic E-state index is 6.06. The van der Waals surface area contributed by atoms with Crippen molar-refractivity contribution in [3.05, 3.63) is 34.8 Å². The van der Waals surface area contributed by atoms with E-state index in [0.717, 1.165) is 41.9 Å². The molecule has 0 aliphatic carbocycles. The van der Waals surface area contributed by atoms with Gasteiger partial charge in [0.05, 0.1) is 10.2 Å². The lowest BCUT2D eigenvalue weighted by molar-refractivity contribution is 0.311. The van der Waals surface area contributed by atoms with Gasteiger partial charge in [0.15, 0.2) is 0 Å². The fourth-order valence-corrected chi connectivity index (χ4v) is 2.79. The Morgan fingerprint density at radius 1 is 1.05 bits per heavy atom. The van der Waals surface area contributed by atoms with E-state index in [9.17, 15) is 0 Å². The number of hydrogen-bond acceptors (Lipinski definition) is 5. The first-order valence-corrected chi connectivity index (χ1v) is 7.76. The van der Waals surface area contributed by atoms with Gasteiger partial charge in [0.2, 0.25) is 5.95 Å². The second kappa shape index (κ2) is 5.99. The van der Waals surface area contributed by atoms with Gasteiger partial charge in [-0.1, -0.05) is 30.3 Å². The maximum atomic E-state index is 6.06. The van der Waals surface area contributed by atoms with Crippen molar-refractivity contribution in [3.63, 3.8) is 0 Å². The molecule has 3 rings (SSSR count). The van der Waals surface area contributed by atoms with Gasteiger partial charge in [-0.25, -0.2) is 4.98 Å². The smallest absolute Gasteiger partial charge is 0.228 e. The van der Waals surface area contributed by atoms with Crippen LogP contribution in [-0.4, -0.2) is 48.1 Å². The Bertz CT molecular complexity index is 623. The van der Waals surface area contributed by atoms with Gasteiger partial charge < -0.3 is 15.5 Å². The molecule has 1 aliphatic rings. The van der Waals surface area contributed by atoms with Crippen LogP contribution in [-0.2, 0) is 0 Å². The van der Waals surface area contributed by atoms with E-state index in [1.165, 1.54) is 0 Å². The van der Waals surface area contributed by atoms with Crippen molar-refractivity contribution in [1.29, 1.82) is 0 Å². The summed E-state index contributed by atoms with van der Waals surface area (Å²) in [5.74, 6) is 1.19. The standard InChI is InChI=1S/C15H18BrN5/c1-20-7-9-21(10-8-20)15-18-13(12(16)14(17)19-15)11-5-3-2-4-6-11/h2-6H,7-10H2,1H3,(H2,17,18,19). The fourth-order valence-electron chi connectivity index (χ4n) is 2.39. The average molecular weight is 348 g/mol. The summed E-state index contributed by atoms with van der Waals surface area (Å²) in [6.07, 6.45) is 0. The second-order valence-electron chi connectivity index (χ2n) is 5.23. The summed E-state index contributed by atoms with van der Waals surface area (Å²) >= 11 is 3.51. The number of nitrogens with two attached hydrogens (primary N) is 1. The molecule has 5 nitrogen and oxygen atoms in total. The maximum Gasteiger partial charge on any atom is 0.228 e. The minimum Gasteiger partial charge on any atom is -0.383 e. The number of rotatable bonds is 2. The van der Waals surface area contributed by atoms with Gasteiger partial charge in [-0.3, -0.25) is 0 Å². The third-order valence-electron chi connectivity index (χ3n) is 3.70. The molecule has 110 valence electrons. The van der Waals surface area contributed by atoms with Crippen LogP contribution in [0, 0.1) is 0 Å². The highest BCUT2D eigenvalue weighted by molar-refractivity contribution is 9.10. The number of piperazine rings is 1. The lowest BCUT2D eigenvalue weighted by Crippen LogP contribution is -2.45. The van der Waals surface area contributed by atoms with E-state index in [2.05, 4.69) is 37.8 Å². The zero-order chi connectivity index (χ0) is 14.8. The monoisotopic (exact) mass is 347 g/mol. The van der Waals surface area contributed by atoms with E-state index in [1.807, 2.05) is 30.3 Å². The van der Waals surface area contributed by atoms with Gasteiger partial charge in [0.25, 0.3) is 0 Å². The van der Waals surface area contributed by atoms with E-state index in [1.54, 1.807) is 0 Å². The molecule has 0 bridgehead atoms. The summed E-state index contributed by atoms with van der Waals surface area (Å²) < 4.78 is 0.756.